The molecule has 9 heteroatoms. The van der Waals surface area contributed by atoms with Crippen LogP contribution in [-0.4, -0.2) is 23.9 Å². The molecule has 2 aliphatic rings. The van der Waals surface area contributed by atoms with Crippen LogP contribution in [0, 0.1) is 5.92 Å². The summed E-state index contributed by atoms with van der Waals surface area (Å²) in [5.74, 6) is 0.222. The SMILES string of the molecule is COc1cccc2c1O[C@@]1(C)[C@@H](C(=O)Nc3ccc(Cl)cc3)[C@@H]2NC(=S)N1c1cccc(Cl)c1. The van der Waals surface area contributed by atoms with E-state index in [1.54, 1.807) is 48.4 Å². The number of hydrogen-bond donors (Lipinski definition) is 2. The molecule has 34 heavy (non-hydrogen) atoms. The molecule has 2 bridgehead atoms. The number of carbonyl (C=O) groups is 1. The average molecular weight is 514 g/mol. The van der Waals surface area contributed by atoms with E-state index in [9.17, 15) is 4.79 Å². The van der Waals surface area contributed by atoms with Crippen LogP contribution in [0.15, 0.2) is 66.7 Å². The lowest BCUT2D eigenvalue weighted by Crippen LogP contribution is -2.72. The zero-order valence-corrected chi connectivity index (χ0v) is 20.7. The van der Waals surface area contributed by atoms with Crippen molar-refractivity contribution in [2.45, 2.75) is 18.7 Å². The van der Waals surface area contributed by atoms with Crippen LogP contribution in [0.1, 0.15) is 18.5 Å². The first-order valence-corrected chi connectivity index (χ1v) is 11.8. The molecular weight excluding hydrogens is 493 g/mol. The van der Waals surface area contributed by atoms with Gasteiger partial charge in [0.1, 0.15) is 5.92 Å². The Morgan fingerprint density at radius 3 is 2.56 bits per heavy atom. The molecule has 1 saturated heterocycles. The molecule has 2 aliphatic heterocycles. The van der Waals surface area contributed by atoms with Gasteiger partial charge in [0.2, 0.25) is 5.91 Å². The molecule has 2 heterocycles. The minimum atomic E-state index is -1.18. The highest BCUT2D eigenvalue weighted by molar-refractivity contribution is 7.80. The molecule has 6 nitrogen and oxygen atoms in total. The van der Waals surface area contributed by atoms with Gasteiger partial charge in [0.05, 0.1) is 13.2 Å². The van der Waals surface area contributed by atoms with Crippen LogP contribution in [-0.2, 0) is 4.79 Å². The number of fused-ring (bicyclic) bond motifs is 4. The lowest BCUT2D eigenvalue weighted by Gasteiger charge is -2.56. The third-order valence-electron chi connectivity index (χ3n) is 6.17. The highest BCUT2D eigenvalue weighted by Crippen LogP contribution is 2.52. The minimum Gasteiger partial charge on any atom is -0.493 e. The maximum absolute atomic E-state index is 13.8. The number of anilines is 2. The number of carbonyl (C=O) groups excluding carboxylic acids is 1. The van der Waals surface area contributed by atoms with Gasteiger partial charge in [-0.3, -0.25) is 9.69 Å². The number of methoxy groups -OCH3 is 1. The number of halogens is 2. The van der Waals surface area contributed by atoms with Crippen molar-refractivity contribution in [2.24, 2.45) is 5.92 Å². The molecule has 5 rings (SSSR count). The monoisotopic (exact) mass is 513 g/mol. The Bertz CT molecular complexity index is 1290. The Hall–Kier alpha value is -3.00. The van der Waals surface area contributed by atoms with E-state index in [1.165, 1.54) is 0 Å². The first-order chi connectivity index (χ1) is 16.3. The third-order valence-corrected chi connectivity index (χ3v) is 6.96. The van der Waals surface area contributed by atoms with Gasteiger partial charge in [-0.2, -0.15) is 0 Å². The lowest BCUT2D eigenvalue weighted by molar-refractivity contribution is -0.130. The fourth-order valence-corrected chi connectivity index (χ4v) is 5.41. The Kier molecular flexibility index (Phi) is 5.80. The number of nitrogens with one attached hydrogen (secondary N) is 2. The zero-order chi connectivity index (χ0) is 24.0. The second kappa shape index (κ2) is 8.65. The third kappa shape index (κ3) is 3.74. The van der Waals surface area contributed by atoms with Crippen LogP contribution >= 0.6 is 35.4 Å². The molecule has 174 valence electrons. The molecule has 3 aromatic carbocycles. The number of amides is 1. The molecule has 3 atom stereocenters. The van der Waals surface area contributed by atoms with Crippen molar-refractivity contribution in [3.8, 4) is 11.5 Å². The quantitative estimate of drug-likeness (QED) is 0.429. The summed E-state index contributed by atoms with van der Waals surface area (Å²) >= 11 is 18.1. The first-order valence-electron chi connectivity index (χ1n) is 10.6. The number of hydrogen-bond acceptors (Lipinski definition) is 4. The molecule has 0 saturated carbocycles. The fraction of sp³-hybridized carbons (Fsp3) is 0.200. The second-order valence-electron chi connectivity index (χ2n) is 8.25. The van der Waals surface area contributed by atoms with Crippen molar-refractivity contribution in [3.05, 3.63) is 82.3 Å². The van der Waals surface area contributed by atoms with Gasteiger partial charge in [0.15, 0.2) is 22.3 Å². The molecule has 0 aromatic heterocycles. The summed E-state index contributed by atoms with van der Waals surface area (Å²) in [6, 6.07) is 19.4. The molecule has 1 amide bonds. The van der Waals surface area contributed by atoms with E-state index in [0.29, 0.717) is 38.0 Å². The van der Waals surface area contributed by atoms with Crippen molar-refractivity contribution < 1.29 is 14.3 Å². The van der Waals surface area contributed by atoms with Crippen LogP contribution in [0.2, 0.25) is 10.0 Å². The topological polar surface area (TPSA) is 62.8 Å². The Labute approximate surface area is 212 Å². The van der Waals surface area contributed by atoms with Crippen LogP contribution in [0.25, 0.3) is 0 Å². The summed E-state index contributed by atoms with van der Waals surface area (Å²) in [6.07, 6.45) is 0. The standard InChI is InChI=1S/C25H21Cl2N3O3S/c1-25-20(23(31)28-16-11-9-14(26)10-12-16)21(18-7-4-8-19(32-2)22(18)33-25)29-24(34)30(25)17-6-3-5-15(27)13-17/h3-13,20-21H,1-2H3,(H,28,31)(H,29,34)/t20-,21-,25+/m1/s1. The predicted molar refractivity (Wildman–Crippen MR) is 138 cm³/mol. The van der Waals surface area contributed by atoms with E-state index < -0.39 is 17.7 Å². The summed E-state index contributed by atoms with van der Waals surface area (Å²) < 4.78 is 12.2. The molecule has 0 radical (unpaired) electrons. The zero-order valence-electron chi connectivity index (χ0n) is 18.3. The minimum absolute atomic E-state index is 0.231. The average Bonchev–Trinajstić information content (AvgIpc) is 2.79. The summed E-state index contributed by atoms with van der Waals surface area (Å²) in [4.78, 5) is 15.6. The molecule has 2 N–H and O–H groups in total. The van der Waals surface area contributed by atoms with Crippen molar-refractivity contribution in [1.29, 1.82) is 0 Å². The van der Waals surface area contributed by atoms with Crippen LogP contribution in [0.5, 0.6) is 11.5 Å². The number of nitrogens with zero attached hydrogens (tertiary/aromatic N) is 1. The smallest absolute Gasteiger partial charge is 0.236 e. The van der Waals surface area contributed by atoms with E-state index in [2.05, 4.69) is 10.6 Å². The van der Waals surface area contributed by atoms with Crippen molar-refractivity contribution in [1.82, 2.24) is 5.32 Å². The number of benzene rings is 3. The van der Waals surface area contributed by atoms with Crippen LogP contribution in [0.3, 0.4) is 0 Å². The maximum atomic E-state index is 13.8. The predicted octanol–water partition coefficient (Wildman–Crippen LogP) is 5.80. The van der Waals surface area contributed by atoms with Gasteiger partial charge < -0.3 is 20.1 Å². The van der Waals surface area contributed by atoms with Gasteiger partial charge in [-0.05, 0) is 67.7 Å². The Balaban J connectivity index is 1.65. The van der Waals surface area contributed by atoms with E-state index in [1.807, 2.05) is 37.3 Å². The van der Waals surface area contributed by atoms with E-state index in [-0.39, 0.29) is 5.91 Å². The Morgan fingerprint density at radius 2 is 1.85 bits per heavy atom. The number of thiocarbonyl (C=S) groups is 1. The van der Waals surface area contributed by atoms with Crippen LogP contribution < -0.4 is 25.0 Å². The number of para-hydroxylation sites is 1. The molecule has 0 aliphatic carbocycles. The van der Waals surface area contributed by atoms with Gasteiger partial charge in [-0.15, -0.1) is 0 Å². The molecular formula is C25H21Cl2N3O3S. The molecule has 3 aromatic rings. The molecule has 1 fully saturated rings. The van der Waals surface area contributed by atoms with Crippen LogP contribution in [0.4, 0.5) is 11.4 Å². The molecule has 0 unspecified atom stereocenters. The number of ether oxygens (including phenoxy) is 2. The lowest BCUT2D eigenvalue weighted by atomic mass is 9.78. The van der Waals surface area contributed by atoms with Gasteiger partial charge in [0, 0.05) is 27.0 Å². The van der Waals surface area contributed by atoms with Crippen molar-refractivity contribution >= 4 is 57.8 Å². The maximum Gasteiger partial charge on any atom is 0.236 e. The highest BCUT2D eigenvalue weighted by atomic mass is 35.5. The van der Waals surface area contributed by atoms with Gasteiger partial charge in [-0.1, -0.05) is 41.4 Å². The molecule has 0 spiro atoms. The summed E-state index contributed by atoms with van der Waals surface area (Å²) in [7, 11) is 1.59. The highest BCUT2D eigenvalue weighted by Gasteiger charge is 2.59. The summed E-state index contributed by atoms with van der Waals surface area (Å²) in [5, 5.41) is 7.94. The largest absolute Gasteiger partial charge is 0.493 e. The van der Waals surface area contributed by atoms with Crippen molar-refractivity contribution in [2.75, 3.05) is 17.3 Å². The Morgan fingerprint density at radius 1 is 1.12 bits per heavy atom. The summed E-state index contributed by atoms with van der Waals surface area (Å²) in [5.41, 5.74) is 0.940. The second-order valence-corrected chi connectivity index (χ2v) is 9.51. The number of rotatable bonds is 4. The van der Waals surface area contributed by atoms with Gasteiger partial charge in [-0.25, -0.2) is 0 Å². The van der Waals surface area contributed by atoms with Gasteiger partial charge >= 0.3 is 0 Å². The van der Waals surface area contributed by atoms with Crippen molar-refractivity contribution in [3.63, 3.8) is 0 Å². The first kappa shape index (κ1) is 22.8. The van der Waals surface area contributed by atoms with E-state index in [0.717, 1.165) is 5.56 Å². The van der Waals surface area contributed by atoms with Gasteiger partial charge in [0.25, 0.3) is 0 Å². The van der Waals surface area contributed by atoms with E-state index in [4.69, 9.17) is 44.9 Å². The summed E-state index contributed by atoms with van der Waals surface area (Å²) in [6.45, 7) is 1.86. The normalized spacial score (nSPS) is 22.8. The fourth-order valence-electron chi connectivity index (χ4n) is 4.69. The van der Waals surface area contributed by atoms with E-state index >= 15 is 0 Å².